The lowest BCUT2D eigenvalue weighted by molar-refractivity contribution is -0.111. The van der Waals surface area contributed by atoms with E-state index < -0.39 is 11.4 Å². The normalized spacial score (nSPS) is 11.0. The van der Waals surface area contributed by atoms with Crippen LogP contribution in [0.15, 0.2) is 66.1 Å². The van der Waals surface area contributed by atoms with Crippen LogP contribution in [0.3, 0.4) is 0 Å². The number of likely N-dealkylation sites (N-methyl/N-ethyl adjacent to an activating group) is 2. The number of anilines is 4. The van der Waals surface area contributed by atoms with Crippen LogP contribution in [0, 0.1) is 12.7 Å². The van der Waals surface area contributed by atoms with Gasteiger partial charge >= 0.3 is 0 Å². The number of carbonyl (C=O) groups excluding carboxylic acids is 1. The molecule has 0 unspecified atom stereocenters. The molecule has 0 fully saturated rings. The Labute approximate surface area is 231 Å². The zero-order valence-corrected chi connectivity index (χ0v) is 23.2. The fourth-order valence-corrected chi connectivity index (χ4v) is 4.21. The molecule has 0 bridgehead atoms. The topological polar surface area (TPSA) is 105 Å². The fraction of sp³-hybridized carbons (Fsp3) is 0.241. The van der Waals surface area contributed by atoms with Crippen molar-refractivity contribution in [2.75, 3.05) is 56.9 Å². The number of aromatic nitrogens is 3. The Kier molecular flexibility index (Phi) is 8.44. The summed E-state index contributed by atoms with van der Waals surface area (Å²) in [5.74, 6) is -0.302. The summed E-state index contributed by atoms with van der Waals surface area (Å²) in [6, 6.07) is 11.0. The molecular formula is C29H32FN7O3. The molecule has 2 heterocycles. The number of rotatable bonds is 10. The Balaban J connectivity index is 1.82. The van der Waals surface area contributed by atoms with Crippen LogP contribution in [-0.4, -0.2) is 66.7 Å². The van der Waals surface area contributed by atoms with Crippen molar-refractivity contribution < 1.29 is 13.9 Å². The Morgan fingerprint density at radius 3 is 2.58 bits per heavy atom. The Morgan fingerprint density at radius 2 is 1.90 bits per heavy atom. The number of hydrogen-bond donors (Lipinski definition) is 2. The minimum Gasteiger partial charge on any atom is -0.494 e. The van der Waals surface area contributed by atoms with Crippen molar-refractivity contribution in [1.82, 2.24) is 19.4 Å². The lowest BCUT2D eigenvalue weighted by Gasteiger charge is -2.26. The molecule has 0 spiro atoms. The zero-order chi connectivity index (χ0) is 29.0. The van der Waals surface area contributed by atoms with Gasteiger partial charge in [-0.2, -0.15) is 4.98 Å². The van der Waals surface area contributed by atoms with Crippen molar-refractivity contribution in [2.24, 2.45) is 0 Å². The summed E-state index contributed by atoms with van der Waals surface area (Å²) in [4.78, 5) is 38.3. The summed E-state index contributed by atoms with van der Waals surface area (Å²) in [6.45, 7) is 6.81. The molecule has 0 saturated carbocycles. The third-order valence-electron chi connectivity index (χ3n) is 6.36. The molecule has 2 aromatic heterocycles. The predicted octanol–water partition coefficient (Wildman–Crippen LogP) is 4.10. The maximum atomic E-state index is 14.7. The second-order valence-corrected chi connectivity index (χ2v) is 9.50. The predicted molar refractivity (Wildman–Crippen MR) is 157 cm³/mol. The summed E-state index contributed by atoms with van der Waals surface area (Å²) in [6.07, 6.45) is 2.77. The van der Waals surface area contributed by atoms with Gasteiger partial charge in [-0.1, -0.05) is 18.7 Å². The number of aryl methyl sites for hydroxylation is 1. The van der Waals surface area contributed by atoms with Crippen LogP contribution in [0.5, 0.6) is 5.75 Å². The fourth-order valence-electron chi connectivity index (χ4n) is 4.21. The van der Waals surface area contributed by atoms with Crippen LogP contribution in [0.25, 0.3) is 16.7 Å². The smallest absolute Gasteiger partial charge is 0.257 e. The molecule has 0 aliphatic heterocycles. The summed E-state index contributed by atoms with van der Waals surface area (Å²) < 4.78 is 21.6. The monoisotopic (exact) mass is 545 g/mol. The van der Waals surface area contributed by atoms with Crippen molar-refractivity contribution in [3.63, 3.8) is 0 Å². The van der Waals surface area contributed by atoms with Crippen LogP contribution < -0.4 is 25.8 Å². The maximum Gasteiger partial charge on any atom is 0.257 e. The van der Waals surface area contributed by atoms with Gasteiger partial charge < -0.3 is 25.2 Å². The molecule has 2 N–H and O–H groups in total. The number of ether oxygens (including phenoxy) is 1. The first-order valence-corrected chi connectivity index (χ1v) is 12.6. The number of halogens is 1. The number of hydrogen-bond acceptors (Lipinski definition) is 8. The van der Waals surface area contributed by atoms with Crippen LogP contribution in [0.4, 0.5) is 27.4 Å². The van der Waals surface area contributed by atoms with Crippen molar-refractivity contribution in [1.29, 1.82) is 0 Å². The lowest BCUT2D eigenvalue weighted by Crippen LogP contribution is -2.29. The summed E-state index contributed by atoms with van der Waals surface area (Å²) >= 11 is 0. The van der Waals surface area contributed by atoms with Gasteiger partial charge in [0.1, 0.15) is 11.6 Å². The van der Waals surface area contributed by atoms with Gasteiger partial charge in [-0.05, 0) is 50.9 Å². The minimum absolute atomic E-state index is 0.0827. The molecule has 0 saturated heterocycles. The minimum atomic E-state index is -0.555. The SMILES string of the molecule is C=CC(=O)Nc1cc(Nc2ncc3c(C)cc(=O)n(-c4ccccc4F)c3n2)c(OC)cc1N(C)CCN(C)C. The van der Waals surface area contributed by atoms with E-state index in [2.05, 4.69) is 32.1 Å². The van der Waals surface area contributed by atoms with Gasteiger partial charge in [0.2, 0.25) is 11.9 Å². The lowest BCUT2D eigenvalue weighted by atomic mass is 10.2. The van der Waals surface area contributed by atoms with Crippen LogP contribution >= 0.6 is 0 Å². The number of nitrogens with zero attached hydrogens (tertiary/aromatic N) is 5. The highest BCUT2D eigenvalue weighted by Gasteiger charge is 2.18. The zero-order valence-electron chi connectivity index (χ0n) is 23.2. The Morgan fingerprint density at radius 1 is 1.15 bits per heavy atom. The summed E-state index contributed by atoms with van der Waals surface area (Å²) in [7, 11) is 7.43. The third kappa shape index (κ3) is 5.94. The number of nitrogens with one attached hydrogen (secondary N) is 2. The van der Waals surface area contributed by atoms with Crippen LogP contribution in [0.1, 0.15) is 5.56 Å². The first kappa shape index (κ1) is 28.2. The van der Waals surface area contributed by atoms with E-state index in [0.717, 1.165) is 12.2 Å². The van der Waals surface area contributed by atoms with Gasteiger partial charge in [0.15, 0.2) is 5.65 Å². The summed E-state index contributed by atoms with van der Waals surface area (Å²) in [5.41, 5.74) is 2.30. The second-order valence-electron chi connectivity index (χ2n) is 9.50. The van der Waals surface area contributed by atoms with Crippen LogP contribution in [-0.2, 0) is 4.79 Å². The van der Waals surface area contributed by atoms with Gasteiger partial charge in [0, 0.05) is 43.9 Å². The number of methoxy groups -OCH3 is 1. The standard InChI is InChI=1S/C29H32FN7O3/c1-7-26(38)32-21-15-22(25(40-6)16-24(21)36(5)13-12-35(3)4)33-29-31-17-19-18(2)14-27(39)37(28(19)34-29)23-11-9-8-10-20(23)30/h7-11,14-17H,1,12-13H2,2-6H3,(H,32,38)(H,31,33,34). The molecule has 1 amide bonds. The van der Waals surface area contributed by atoms with Gasteiger partial charge in [-0.15, -0.1) is 0 Å². The highest BCUT2D eigenvalue weighted by molar-refractivity contribution is 6.02. The van der Waals surface area contributed by atoms with Crippen molar-refractivity contribution in [3.8, 4) is 11.4 Å². The number of carbonyl (C=O) groups is 1. The van der Waals surface area contributed by atoms with E-state index in [0.29, 0.717) is 34.6 Å². The van der Waals surface area contributed by atoms with Gasteiger partial charge in [-0.3, -0.25) is 14.2 Å². The van der Waals surface area contributed by atoms with E-state index >= 15 is 0 Å². The first-order chi connectivity index (χ1) is 19.1. The highest BCUT2D eigenvalue weighted by atomic mass is 19.1. The van der Waals surface area contributed by atoms with E-state index in [-0.39, 0.29) is 23.2 Å². The molecule has 11 heteroatoms. The highest BCUT2D eigenvalue weighted by Crippen LogP contribution is 2.38. The number of para-hydroxylation sites is 1. The molecule has 4 aromatic rings. The molecule has 4 rings (SSSR count). The van der Waals surface area contributed by atoms with Gasteiger partial charge in [0.25, 0.3) is 5.56 Å². The average molecular weight is 546 g/mol. The quantitative estimate of drug-likeness (QED) is 0.287. The van der Waals surface area contributed by atoms with Gasteiger partial charge in [0.05, 0.1) is 29.9 Å². The number of amides is 1. The summed E-state index contributed by atoms with van der Waals surface area (Å²) in [5, 5.41) is 6.58. The molecule has 0 aliphatic carbocycles. The van der Waals surface area contributed by atoms with E-state index in [4.69, 9.17) is 4.74 Å². The van der Waals surface area contributed by atoms with Crippen LogP contribution in [0.2, 0.25) is 0 Å². The number of fused-ring (bicyclic) bond motifs is 1. The second kappa shape index (κ2) is 12.0. The van der Waals surface area contributed by atoms with E-state index in [1.807, 2.05) is 26.0 Å². The van der Waals surface area contributed by atoms with E-state index in [1.54, 1.807) is 37.4 Å². The molecule has 40 heavy (non-hydrogen) atoms. The number of benzene rings is 2. The van der Waals surface area contributed by atoms with Crippen molar-refractivity contribution >= 4 is 40.0 Å². The molecule has 0 aliphatic rings. The Hall–Kier alpha value is -4.77. The molecule has 208 valence electrons. The largest absolute Gasteiger partial charge is 0.494 e. The molecule has 2 aromatic carbocycles. The average Bonchev–Trinajstić information content (AvgIpc) is 2.92. The molecule has 0 atom stereocenters. The van der Waals surface area contributed by atoms with Crippen molar-refractivity contribution in [2.45, 2.75) is 6.92 Å². The first-order valence-electron chi connectivity index (χ1n) is 12.6. The maximum absolute atomic E-state index is 14.7. The molecule has 10 nitrogen and oxygen atoms in total. The molecule has 0 radical (unpaired) electrons. The number of pyridine rings is 1. The van der Waals surface area contributed by atoms with E-state index in [9.17, 15) is 14.0 Å². The third-order valence-corrected chi connectivity index (χ3v) is 6.36. The molecular weight excluding hydrogens is 513 g/mol. The van der Waals surface area contributed by atoms with Crippen molar-refractivity contribution in [3.05, 3.63) is 83.1 Å². The van der Waals surface area contributed by atoms with E-state index in [1.165, 1.54) is 36.0 Å². The van der Waals surface area contributed by atoms with Gasteiger partial charge in [-0.25, -0.2) is 9.37 Å². The Bertz CT molecular complexity index is 1630.